The maximum absolute atomic E-state index is 11.5. The van der Waals surface area contributed by atoms with E-state index in [1.807, 2.05) is 74.5 Å². The van der Waals surface area contributed by atoms with E-state index >= 15 is 0 Å². The van der Waals surface area contributed by atoms with Crippen LogP contribution in [0.2, 0.25) is 0 Å². The zero-order valence-electron chi connectivity index (χ0n) is 20.6. The Morgan fingerprint density at radius 1 is 0.811 bits per heavy atom. The first kappa shape index (κ1) is 23.9. The van der Waals surface area contributed by atoms with E-state index in [0.717, 1.165) is 44.2 Å². The van der Waals surface area contributed by atoms with Crippen molar-refractivity contribution in [1.29, 1.82) is 0 Å². The lowest BCUT2D eigenvalue weighted by Gasteiger charge is -2.07. The van der Waals surface area contributed by atoms with Crippen LogP contribution >= 0.6 is 0 Å². The molecule has 0 unspecified atom stereocenters. The zero-order chi connectivity index (χ0) is 25.9. The van der Waals surface area contributed by atoms with Crippen molar-refractivity contribution in [3.63, 3.8) is 0 Å². The molecular weight excluding hydrogens is 464 g/mol. The maximum Gasteiger partial charge on any atom is 0.325 e. The van der Waals surface area contributed by atoms with Crippen molar-refractivity contribution in [3.8, 4) is 39.4 Å². The van der Waals surface area contributed by atoms with E-state index in [1.54, 1.807) is 24.3 Å². The van der Waals surface area contributed by atoms with Crippen LogP contribution in [-0.4, -0.2) is 26.0 Å². The van der Waals surface area contributed by atoms with Gasteiger partial charge in [-0.1, -0.05) is 74.5 Å². The summed E-state index contributed by atoms with van der Waals surface area (Å²) in [6.07, 6.45) is 0. The lowest BCUT2D eigenvalue weighted by Crippen LogP contribution is -2.11. The number of carbonyl (C=O) groups is 1. The van der Waals surface area contributed by atoms with E-state index in [9.17, 15) is 15.0 Å². The van der Waals surface area contributed by atoms with Gasteiger partial charge in [0.25, 0.3) is 0 Å². The van der Waals surface area contributed by atoms with Crippen LogP contribution in [0.4, 0.5) is 0 Å². The molecule has 184 valence electrons. The number of furan rings is 1. The normalized spacial score (nSPS) is 10.9. The lowest BCUT2D eigenvalue weighted by molar-refractivity contribution is -0.137. The van der Waals surface area contributed by atoms with Crippen LogP contribution in [0, 0.1) is 0 Å². The largest absolute Gasteiger partial charge is 0.508 e. The Bertz CT molecular complexity index is 1690. The van der Waals surface area contributed by atoms with Gasteiger partial charge in [-0.15, -0.1) is 0 Å². The molecule has 0 bridgehead atoms. The van der Waals surface area contributed by atoms with E-state index in [0.29, 0.717) is 11.4 Å². The minimum Gasteiger partial charge on any atom is -0.508 e. The number of phenols is 1. The summed E-state index contributed by atoms with van der Waals surface area (Å²) in [4.78, 5) is 11.5. The number of rotatable bonds is 5. The maximum atomic E-state index is 11.5. The number of para-hydroxylation sites is 2. The average molecular weight is 491 g/mol. The second-order valence-corrected chi connectivity index (χ2v) is 8.37. The fourth-order valence-corrected chi connectivity index (χ4v) is 4.47. The molecule has 0 atom stereocenters. The Morgan fingerprint density at radius 2 is 1.46 bits per heavy atom. The molecule has 6 rings (SSSR count). The van der Waals surface area contributed by atoms with Gasteiger partial charge in [0.15, 0.2) is 0 Å². The zero-order valence-corrected chi connectivity index (χ0v) is 20.6. The fourth-order valence-electron chi connectivity index (χ4n) is 4.47. The first-order valence-electron chi connectivity index (χ1n) is 12.2. The van der Waals surface area contributed by atoms with E-state index in [2.05, 4.69) is 17.2 Å². The van der Waals surface area contributed by atoms with Crippen LogP contribution in [-0.2, 0) is 11.3 Å². The number of nitrogens with zero attached hydrogens (tertiary/aromatic N) is 2. The number of carboxylic acids is 1. The van der Waals surface area contributed by atoms with Gasteiger partial charge >= 0.3 is 5.97 Å². The first-order valence-corrected chi connectivity index (χ1v) is 12.2. The Hall–Kier alpha value is -4.84. The molecule has 6 nitrogen and oxygen atoms in total. The summed E-state index contributed by atoms with van der Waals surface area (Å²) in [5.41, 5.74) is 6.67. The molecule has 0 saturated heterocycles. The molecule has 2 aromatic heterocycles. The van der Waals surface area contributed by atoms with Crippen molar-refractivity contribution in [1.82, 2.24) is 9.78 Å². The molecule has 0 amide bonds. The van der Waals surface area contributed by atoms with Gasteiger partial charge in [0.2, 0.25) is 0 Å². The van der Waals surface area contributed by atoms with Crippen molar-refractivity contribution in [2.24, 2.45) is 0 Å². The predicted octanol–water partition coefficient (Wildman–Crippen LogP) is 7.60. The molecule has 0 aliphatic rings. The van der Waals surface area contributed by atoms with Crippen molar-refractivity contribution in [2.45, 2.75) is 20.4 Å². The van der Waals surface area contributed by atoms with Crippen molar-refractivity contribution >= 4 is 27.9 Å². The second-order valence-electron chi connectivity index (χ2n) is 8.37. The van der Waals surface area contributed by atoms with Gasteiger partial charge in [-0.2, -0.15) is 5.10 Å². The summed E-state index contributed by atoms with van der Waals surface area (Å²) in [5.74, 6) is -0.811. The van der Waals surface area contributed by atoms with E-state index in [4.69, 9.17) is 4.42 Å². The summed E-state index contributed by atoms with van der Waals surface area (Å²) in [5, 5.41) is 25.6. The number of aliphatic carboxylic acids is 1. The number of phenolic OH excluding ortho intramolecular Hbond substituents is 1. The number of aromatic hydroxyl groups is 1. The number of fused-ring (bicyclic) bond motifs is 3. The first-order chi connectivity index (χ1) is 18.1. The van der Waals surface area contributed by atoms with Gasteiger partial charge in [-0.3, -0.25) is 9.48 Å². The number of benzene rings is 4. The van der Waals surface area contributed by atoms with E-state index in [1.165, 1.54) is 4.68 Å². The van der Waals surface area contributed by atoms with Crippen LogP contribution in [0.15, 0.2) is 101 Å². The van der Waals surface area contributed by atoms with Gasteiger partial charge in [0.1, 0.15) is 23.5 Å². The monoisotopic (exact) mass is 490 g/mol. The molecule has 0 aliphatic heterocycles. The molecule has 6 aromatic rings. The Kier molecular flexibility index (Phi) is 6.47. The molecular formula is C31H26N2O4. The standard InChI is InChI=1S/C29H20N2O4.C2H6/c32-21-14-12-19(13-15-21)25-16-26(31(30-25)17-28(33)34)20-10-8-18(9-11-20)22-5-3-6-24-23-4-1-2-7-27(23)35-29(22)24;1-2/h1-16,32H,17H2,(H,33,34);1-2H3. The summed E-state index contributed by atoms with van der Waals surface area (Å²) in [7, 11) is 0. The molecule has 0 radical (unpaired) electrons. The Morgan fingerprint density at radius 3 is 2.19 bits per heavy atom. The highest BCUT2D eigenvalue weighted by atomic mass is 16.4. The van der Waals surface area contributed by atoms with Gasteiger partial charge in [-0.05, 0) is 47.5 Å². The van der Waals surface area contributed by atoms with Gasteiger partial charge in [-0.25, -0.2) is 0 Å². The molecule has 0 saturated carbocycles. The van der Waals surface area contributed by atoms with E-state index in [-0.39, 0.29) is 12.3 Å². The molecule has 37 heavy (non-hydrogen) atoms. The SMILES string of the molecule is CC.O=C(O)Cn1nc(-c2ccc(O)cc2)cc1-c1ccc(-c2cccc3c2oc2ccccc23)cc1. The molecule has 0 fully saturated rings. The van der Waals surface area contributed by atoms with Crippen LogP contribution in [0.25, 0.3) is 55.6 Å². The molecule has 2 N–H and O–H groups in total. The highest BCUT2D eigenvalue weighted by Gasteiger charge is 2.15. The van der Waals surface area contributed by atoms with Gasteiger partial charge in [0, 0.05) is 21.9 Å². The molecule has 0 aliphatic carbocycles. The minimum atomic E-state index is -0.972. The van der Waals surface area contributed by atoms with Crippen molar-refractivity contribution in [3.05, 3.63) is 97.1 Å². The Balaban J connectivity index is 0.00000137. The second kappa shape index (κ2) is 10.0. The van der Waals surface area contributed by atoms with Gasteiger partial charge < -0.3 is 14.6 Å². The topological polar surface area (TPSA) is 88.5 Å². The van der Waals surface area contributed by atoms with Crippen LogP contribution in [0.5, 0.6) is 5.75 Å². The summed E-state index contributed by atoms with van der Waals surface area (Å²) in [6.45, 7) is 3.74. The highest BCUT2D eigenvalue weighted by molar-refractivity contribution is 6.09. The quantitative estimate of drug-likeness (QED) is 0.260. The summed E-state index contributed by atoms with van der Waals surface area (Å²) in [6, 6.07) is 30.6. The average Bonchev–Trinajstić information content (AvgIpc) is 3.51. The van der Waals surface area contributed by atoms with Crippen molar-refractivity contribution < 1.29 is 19.4 Å². The molecule has 4 aromatic carbocycles. The third kappa shape index (κ3) is 4.57. The third-order valence-corrected chi connectivity index (χ3v) is 6.12. The third-order valence-electron chi connectivity index (χ3n) is 6.12. The molecule has 6 heteroatoms. The van der Waals surface area contributed by atoms with Crippen LogP contribution in [0.1, 0.15) is 13.8 Å². The van der Waals surface area contributed by atoms with Crippen molar-refractivity contribution in [2.75, 3.05) is 0 Å². The smallest absolute Gasteiger partial charge is 0.325 e. The van der Waals surface area contributed by atoms with Crippen LogP contribution in [0.3, 0.4) is 0 Å². The lowest BCUT2D eigenvalue weighted by atomic mass is 10.00. The number of hydrogen-bond donors (Lipinski definition) is 2. The number of carboxylic acid groups (broad SMARTS) is 1. The van der Waals surface area contributed by atoms with Crippen LogP contribution < -0.4 is 0 Å². The fraction of sp³-hybridized carbons (Fsp3) is 0.0968. The summed E-state index contributed by atoms with van der Waals surface area (Å²) >= 11 is 0. The van der Waals surface area contributed by atoms with Gasteiger partial charge in [0.05, 0.1) is 11.4 Å². The van der Waals surface area contributed by atoms with E-state index < -0.39 is 5.97 Å². The number of aromatic nitrogens is 2. The Labute approximate surface area is 214 Å². The predicted molar refractivity (Wildman–Crippen MR) is 146 cm³/mol. The summed E-state index contributed by atoms with van der Waals surface area (Å²) < 4.78 is 7.66. The molecule has 2 heterocycles. The number of hydrogen-bond acceptors (Lipinski definition) is 4. The highest BCUT2D eigenvalue weighted by Crippen LogP contribution is 2.36. The minimum absolute atomic E-state index is 0.161. The molecule has 0 spiro atoms.